The highest BCUT2D eigenvalue weighted by Gasteiger charge is 2.29. The Balaban J connectivity index is 1.76. The molecule has 221 valence electrons. The summed E-state index contributed by atoms with van der Waals surface area (Å²) in [5, 5.41) is 3.47. The van der Waals surface area contributed by atoms with Gasteiger partial charge in [-0.05, 0) is 53.0 Å². The fourth-order valence-corrected chi connectivity index (χ4v) is 9.54. The smallest absolute Gasteiger partial charge is 0.247 e. The minimum Gasteiger partial charge on any atom is -0.493 e. The number of hydrogen-bond acceptors (Lipinski definition) is 7. The molecule has 7 nitrogen and oxygen atoms in total. The van der Waals surface area contributed by atoms with Gasteiger partial charge in [0.05, 0.1) is 76.8 Å². The number of para-hydroxylation sites is 3. The van der Waals surface area contributed by atoms with Gasteiger partial charge in [0.25, 0.3) is 0 Å². The number of ether oxygens (including phenoxy) is 6. The Morgan fingerprint density at radius 3 is 1.05 bits per heavy atom. The van der Waals surface area contributed by atoms with Crippen LogP contribution in [0.3, 0.4) is 0 Å². The molecule has 0 N–H and O–H groups in total. The average molecular weight is 636 g/mol. The Bertz CT molecular complexity index is 1110. The molecule has 9 radical (unpaired) electrons. The lowest BCUT2D eigenvalue weighted by atomic mass is 9.94. The monoisotopic (exact) mass is 635 g/mol. The fourth-order valence-electron chi connectivity index (χ4n) is 4.88. The Labute approximate surface area is 261 Å². The van der Waals surface area contributed by atoms with Crippen molar-refractivity contribution in [2.24, 2.45) is 0 Å². The van der Waals surface area contributed by atoms with Gasteiger partial charge in [0.15, 0.2) is 34.5 Å². The van der Waals surface area contributed by atoms with E-state index in [0.29, 0.717) is 28.6 Å². The lowest BCUT2D eigenvalue weighted by Gasteiger charge is -2.34. The van der Waals surface area contributed by atoms with Crippen LogP contribution in [0, 0.1) is 0 Å². The molecule has 0 bridgehead atoms. The number of benzene rings is 3. The van der Waals surface area contributed by atoms with Crippen molar-refractivity contribution in [3.63, 3.8) is 0 Å². The van der Waals surface area contributed by atoms with E-state index >= 15 is 0 Å². The lowest BCUT2D eigenvalue weighted by Crippen LogP contribution is -2.35. The minimum absolute atomic E-state index is 0.339. The molecule has 0 aliphatic carbocycles. The van der Waals surface area contributed by atoms with E-state index in [1.54, 1.807) is 42.7 Å². The molecule has 0 aliphatic rings. The summed E-state index contributed by atoms with van der Waals surface area (Å²) in [5.74, 6) is 4.69. The van der Waals surface area contributed by atoms with Crippen LogP contribution in [0.4, 0.5) is 0 Å². The molecule has 3 aromatic rings. The van der Waals surface area contributed by atoms with Crippen molar-refractivity contribution in [3.8, 4) is 34.5 Å². The summed E-state index contributed by atoms with van der Waals surface area (Å²) in [4.78, 5) is 0. The molecule has 0 amide bonds. The highest BCUT2D eigenvalue weighted by molar-refractivity contribution is 6.55. The Morgan fingerprint density at radius 2 is 0.810 bits per heavy atom. The first-order valence-corrected chi connectivity index (χ1v) is 17.7. The van der Waals surface area contributed by atoms with Crippen molar-refractivity contribution in [1.29, 1.82) is 0 Å². The summed E-state index contributed by atoms with van der Waals surface area (Å²) >= 11 is 0. The highest BCUT2D eigenvalue weighted by atomic mass is 28.2. The van der Waals surface area contributed by atoms with Crippen LogP contribution in [0.5, 0.6) is 34.5 Å². The van der Waals surface area contributed by atoms with Gasteiger partial charge in [0, 0.05) is 0 Å². The van der Waals surface area contributed by atoms with Crippen LogP contribution >= 0.6 is 0 Å². The summed E-state index contributed by atoms with van der Waals surface area (Å²) in [5.41, 5.74) is -0.339. The maximum atomic E-state index is 6.21. The molecule has 42 heavy (non-hydrogen) atoms. The van der Waals surface area contributed by atoms with E-state index in [-0.39, 0.29) is 5.60 Å². The third-order valence-electron chi connectivity index (χ3n) is 7.11. The molecule has 0 aromatic heterocycles. The van der Waals surface area contributed by atoms with Crippen molar-refractivity contribution in [2.75, 3.05) is 42.7 Å². The zero-order chi connectivity index (χ0) is 30.4. The first kappa shape index (κ1) is 33.8. The van der Waals surface area contributed by atoms with Crippen LogP contribution in [0.25, 0.3) is 0 Å². The van der Waals surface area contributed by atoms with E-state index in [0.717, 1.165) is 87.5 Å². The van der Waals surface area contributed by atoms with E-state index in [1.807, 2.05) is 36.4 Å². The third kappa shape index (κ3) is 8.66. The van der Waals surface area contributed by atoms with E-state index in [4.69, 9.17) is 32.8 Å². The van der Waals surface area contributed by atoms with Gasteiger partial charge in [-0.15, -0.1) is 0 Å². The van der Waals surface area contributed by atoms with Crippen molar-refractivity contribution in [2.45, 2.75) is 43.0 Å². The topological polar surface area (TPSA) is 64.6 Å². The van der Waals surface area contributed by atoms with E-state index in [2.05, 4.69) is 28.7 Å². The molecule has 0 saturated carbocycles. The standard InChI is InChI=1S/C31H39O7Si4/c1-32-22-10-7-13-25(28(22)35-4)40-19-16-31(38-39,17-20-41-26-14-8-11-23(33-2)29(26)36-5)18-21-42-27-15-9-12-24(34-3)30(27)37-6/h7-15H,16-21H2,1-6H3. The second-order valence-electron chi connectivity index (χ2n) is 9.44. The van der Waals surface area contributed by atoms with Crippen LogP contribution in [-0.4, -0.2) is 87.3 Å². The quantitative estimate of drug-likeness (QED) is 0.187. The molecular formula is C31H39O7Si4. The van der Waals surface area contributed by atoms with E-state index in [9.17, 15) is 0 Å². The predicted octanol–water partition coefficient (Wildman–Crippen LogP) is 3.39. The normalized spacial score (nSPS) is 11.2. The molecule has 0 fully saturated rings. The van der Waals surface area contributed by atoms with Gasteiger partial charge >= 0.3 is 0 Å². The Kier molecular flexibility index (Phi) is 14.0. The van der Waals surface area contributed by atoms with Crippen molar-refractivity contribution in [1.82, 2.24) is 0 Å². The van der Waals surface area contributed by atoms with Crippen molar-refractivity contribution < 1.29 is 32.8 Å². The van der Waals surface area contributed by atoms with Gasteiger partial charge in [-0.25, -0.2) is 0 Å². The summed E-state index contributed by atoms with van der Waals surface area (Å²) in [7, 11) is 15.3. The van der Waals surface area contributed by atoms with Crippen molar-refractivity contribution in [3.05, 3.63) is 54.6 Å². The summed E-state index contributed by atoms with van der Waals surface area (Å²) < 4.78 is 39.8. The number of methoxy groups -OCH3 is 6. The van der Waals surface area contributed by atoms with Crippen LogP contribution in [0.2, 0.25) is 18.1 Å². The summed E-state index contributed by atoms with van der Waals surface area (Å²) in [6, 6.07) is 21.1. The molecule has 0 spiro atoms. The van der Waals surface area contributed by atoms with E-state index in [1.165, 1.54) is 0 Å². The van der Waals surface area contributed by atoms with Gasteiger partial charge in [0.1, 0.15) is 0 Å². The van der Waals surface area contributed by atoms with E-state index < -0.39 is 0 Å². The van der Waals surface area contributed by atoms with Crippen molar-refractivity contribution >= 4 is 54.6 Å². The van der Waals surface area contributed by atoms with Crippen LogP contribution in [0.1, 0.15) is 19.3 Å². The second-order valence-corrected chi connectivity index (χ2v) is 13.8. The lowest BCUT2D eigenvalue weighted by molar-refractivity contribution is 0.0670. The molecule has 0 heterocycles. The summed E-state index contributed by atoms with van der Waals surface area (Å²) in [6.45, 7) is 0. The molecule has 11 heteroatoms. The highest BCUT2D eigenvalue weighted by Crippen LogP contribution is 2.32. The Hall–Kier alpha value is -2.71. The van der Waals surface area contributed by atoms with Gasteiger partial charge < -0.3 is 32.8 Å². The minimum atomic E-state index is -0.339. The second kappa shape index (κ2) is 17.4. The third-order valence-corrected chi connectivity index (χ3v) is 11.4. The largest absolute Gasteiger partial charge is 0.493 e. The first-order chi connectivity index (χ1) is 20.5. The molecule has 3 rings (SSSR count). The number of rotatable bonds is 19. The predicted molar refractivity (Wildman–Crippen MR) is 173 cm³/mol. The molecule has 0 saturated heterocycles. The van der Waals surface area contributed by atoms with Crippen LogP contribution < -0.4 is 44.0 Å². The zero-order valence-corrected chi connectivity index (χ0v) is 29.3. The average Bonchev–Trinajstić information content (AvgIpc) is 3.03. The fraction of sp³-hybridized carbons (Fsp3) is 0.419. The van der Waals surface area contributed by atoms with Gasteiger partial charge in [-0.1, -0.05) is 54.5 Å². The van der Waals surface area contributed by atoms with Gasteiger partial charge in [0.2, 0.25) is 10.5 Å². The van der Waals surface area contributed by atoms with Gasteiger partial charge in [-0.3, -0.25) is 0 Å². The van der Waals surface area contributed by atoms with Crippen LogP contribution in [-0.2, 0) is 4.43 Å². The Morgan fingerprint density at radius 1 is 0.500 bits per heavy atom. The maximum Gasteiger partial charge on any atom is 0.247 e. The zero-order valence-electron chi connectivity index (χ0n) is 25.3. The number of hydrogen-bond donors (Lipinski definition) is 0. The molecular weight excluding hydrogens is 597 g/mol. The van der Waals surface area contributed by atoms with Crippen LogP contribution in [0.15, 0.2) is 54.6 Å². The van der Waals surface area contributed by atoms with Gasteiger partial charge in [-0.2, -0.15) is 0 Å². The molecule has 3 aromatic carbocycles. The molecule has 0 atom stereocenters. The maximum absolute atomic E-state index is 6.21. The first-order valence-electron chi connectivity index (χ1n) is 13.7. The molecule has 0 aliphatic heterocycles. The summed E-state index contributed by atoms with van der Waals surface area (Å²) in [6.07, 6.45) is 2.69. The SMILES string of the molecule is COc1cccc([Si]CCC(CC[Si]c2cccc(OC)c2OC)(CC[Si]c2cccc(OC)c2OC)O[Si])c1OC. The molecule has 0 unspecified atom stereocenters.